The monoisotopic (exact) mass is 275 g/mol. The Morgan fingerprint density at radius 2 is 2.35 bits per heavy atom. The maximum atomic E-state index is 11.2. The molecule has 2 rings (SSSR count). The smallest absolute Gasteiger partial charge is 0.305 e. The van der Waals surface area contributed by atoms with Gasteiger partial charge in [-0.3, -0.25) is 4.79 Å². The van der Waals surface area contributed by atoms with Gasteiger partial charge in [-0.1, -0.05) is 6.92 Å². The molecule has 2 aromatic rings. The molecule has 0 spiro atoms. The molecule has 1 N–H and O–H groups in total. The van der Waals surface area contributed by atoms with Crippen LogP contribution in [0.4, 0.5) is 0 Å². The number of aryl methyl sites for hydroxylation is 1. The predicted octanol–water partition coefficient (Wildman–Crippen LogP) is 2.10. The highest BCUT2D eigenvalue weighted by molar-refractivity contribution is 5.80. The first kappa shape index (κ1) is 14.5. The first-order valence-corrected chi connectivity index (χ1v) is 6.96. The average Bonchev–Trinajstić information content (AvgIpc) is 2.83. The zero-order valence-corrected chi connectivity index (χ0v) is 12.1. The predicted molar refractivity (Wildman–Crippen MR) is 78.4 cm³/mol. The minimum absolute atomic E-state index is 0.165. The van der Waals surface area contributed by atoms with Crippen molar-refractivity contribution in [2.24, 2.45) is 0 Å². The molecule has 0 aliphatic heterocycles. The van der Waals surface area contributed by atoms with Crippen molar-refractivity contribution in [3.63, 3.8) is 0 Å². The number of nitrogens with zero attached hydrogens (tertiary/aromatic N) is 2. The summed E-state index contributed by atoms with van der Waals surface area (Å²) < 4.78 is 6.78. The minimum Gasteiger partial charge on any atom is -0.469 e. The van der Waals surface area contributed by atoms with Gasteiger partial charge in [0.05, 0.1) is 7.11 Å². The number of rotatable bonds is 7. The van der Waals surface area contributed by atoms with Crippen molar-refractivity contribution in [3.8, 4) is 0 Å². The van der Waals surface area contributed by atoms with Crippen LogP contribution in [-0.2, 0) is 22.6 Å². The zero-order chi connectivity index (χ0) is 14.4. The van der Waals surface area contributed by atoms with Crippen LogP contribution in [0, 0.1) is 0 Å². The van der Waals surface area contributed by atoms with E-state index in [2.05, 4.69) is 38.8 Å². The Balaban J connectivity index is 2.13. The molecule has 0 radical (unpaired) electrons. The highest BCUT2D eigenvalue weighted by Crippen LogP contribution is 2.19. The SMILES string of the molecule is CCNCc1cn(CCCC(=O)OC)c2ncccc12. The van der Waals surface area contributed by atoms with Crippen molar-refractivity contribution in [2.75, 3.05) is 13.7 Å². The van der Waals surface area contributed by atoms with Crippen LogP contribution < -0.4 is 5.32 Å². The van der Waals surface area contributed by atoms with Crippen LogP contribution in [-0.4, -0.2) is 29.2 Å². The Kier molecular flexibility index (Phi) is 5.12. The van der Waals surface area contributed by atoms with Crippen LogP contribution >= 0.6 is 0 Å². The van der Waals surface area contributed by atoms with Gasteiger partial charge in [0.1, 0.15) is 5.65 Å². The maximum Gasteiger partial charge on any atom is 0.305 e. The van der Waals surface area contributed by atoms with E-state index in [-0.39, 0.29) is 5.97 Å². The van der Waals surface area contributed by atoms with Crippen LogP contribution in [0.2, 0.25) is 0 Å². The van der Waals surface area contributed by atoms with E-state index in [1.165, 1.54) is 18.1 Å². The lowest BCUT2D eigenvalue weighted by atomic mass is 10.2. The van der Waals surface area contributed by atoms with E-state index in [4.69, 9.17) is 0 Å². The molecule has 0 aliphatic carbocycles. The van der Waals surface area contributed by atoms with E-state index in [1.807, 2.05) is 6.07 Å². The van der Waals surface area contributed by atoms with Crippen LogP contribution in [0.5, 0.6) is 0 Å². The fourth-order valence-electron chi connectivity index (χ4n) is 2.26. The fourth-order valence-corrected chi connectivity index (χ4v) is 2.26. The van der Waals surface area contributed by atoms with Crippen molar-refractivity contribution in [1.29, 1.82) is 0 Å². The van der Waals surface area contributed by atoms with Crippen molar-refractivity contribution in [1.82, 2.24) is 14.9 Å². The minimum atomic E-state index is -0.165. The molecule has 5 heteroatoms. The number of pyridine rings is 1. The summed E-state index contributed by atoms with van der Waals surface area (Å²) in [7, 11) is 1.42. The lowest BCUT2D eigenvalue weighted by Crippen LogP contribution is -2.11. The van der Waals surface area contributed by atoms with E-state index in [1.54, 1.807) is 6.20 Å². The third-order valence-electron chi connectivity index (χ3n) is 3.29. The van der Waals surface area contributed by atoms with E-state index in [0.29, 0.717) is 6.42 Å². The van der Waals surface area contributed by atoms with E-state index < -0.39 is 0 Å². The fraction of sp³-hybridized carbons (Fsp3) is 0.467. The molecule has 0 atom stereocenters. The second-order valence-electron chi connectivity index (χ2n) is 4.68. The highest BCUT2D eigenvalue weighted by atomic mass is 16.5. The highest BCUT2D eigenvalue weighted by Gasteiger charge is 2.09. The number of fused-ring (bicyclic) bond motifs is 1. The van der Waals surface area contributed by atoms with Gasteiger partial charge in [0, 0.05) is 37.3 Å². The van der Waals surface area contributed by atoms with Gasteiger partial charge >= 0.3 is 5.97 Å². The third-order valence-corrected chi connectivity index (χ3v) is 3.29. The summed E-state index contributed by atoms with van der Waals surface area (Å²) >= 11 is 0. The quantitative estimate of drug-likeness (QED) is 0.786. The Morgan fingerprint density at radius 1 is 1.50 bits per heavy atom. The lowest BCUT2D eigenvalue weighted by Gasteiger charge is -2.03. The number of aromatic nitrogens is 2. The van der Waals surface area contributed by atoms with Gasteiger partial charge in [-0.15, -0.1) is 0 Å². The Labute approximate surface area is 118 Å². The summed E-state index contributed by atoms with van der Waals surface area (Å²) in [5, 5.41) is 4.51. The van der Waals surface area contributed by atoms with Gasteiger partial charge < -0.3 is 14.6 Å². The van der Waals surface area contributed by atoms with Gasteiger partial charge in [-0.05, 0) is 30.7 Å². The Bertz CT molecular complexity index is 578. The molecule has 0 bridgehead atoms. The van der Waals surface area contributed by atoms with Gasteiger partial charge in [0.15, 0.2) is 0 Å². The normalized spacial score (nSPS) is 10.9. The van der Waals surface area contributed by atoms with Crippen molar-refractivity contribution < 1.29 is 9.53 Å². The van der Waals surface area contributed by atoms with E-state index >= 15 is 0 Å². The molecule has 0 unspecified atom stereocenters. The van der Waals surface area contributed by atoms with Crippen molar-refractivity contribution >= 4 is 17.0 Å². The van der Waals surface area contributed by atoms with Crippen LogP contribution in [0.1, 0.15) is 25.3 Å². The van der Waals surface area contributed by atoms with Crippen LogP contribution in [0.15, 0.2) is 24.5 Å². The van der Waals surface area contributed by atoms with E-state index in [9.17, 15) is 4.79 Å². The topological polar surface area (TPSA) is 56.2 Å². The molecular formula is C15H21N3O2. The summed E-state index contributed by atoms with van der Waals surface area (Å²) in [6.45, 7) is 4.64. The van der Waals surface area contributed by atoms with Crippen LogP contribution in [0.3, 0.4) is 0 Å². The van der Waals surface area contributed by atoms with E-state index in [0.717, 1.165) is 31.7 Å². The average molecular weight is 275 g/mol. The summed E-state index contributed by atoms with van der Waals surface area (Å²) in [4.78, 5) is 15.6. The summed E-state index contributed by atoms with van der Waals surface area (Å²) in [5.74, 6) is -0.165. The molecule has 2 aromatic heterocycles. The van der Waals surface area contributed by atoms with Gasteiger partial charge in [-0.2, -0.15) is 0 Å². The summed E-state index contributed by atoms with van der Waals surface area (Å²) in [6.07, 6.45) is 5.12. The molecule has 2 heterocycles. The first-order valence-electron chi connectivity index (χ1n) is 6.96. The maximum absolute atomic E-state index is 11.2. The largest absolute Gasteiger partial charge is 0.469 e. The molecule has 0 aliphatic rings. The number of carbonyl (C=O) groups excluding carboxylic acids is 1. The molecule has 108 valence electrons. The second-order valence-corrected chi connectivity index (χ2v) is 4.68. The molecule has 0 saturated heterocycles. The van der Waals surface area contributed by atoms with Crippen LogP contribution in [0.25, 0.3) is 11.0 Å². The Hall–Kier alpha value is -1.88. The third kappa shape index (κ3) is 3.36. The van der Waals surface area contributed by atoms with Gasteiger partial charge in [0.2, 0.25) is 0 Å². The number of hydrogen-bond donors (Lipinski definition) is 1. The molecule has 0 aromatic carbocycles. The summed E-state index contributed by atoms with van der Waals surface area (Å²) in [6, 6.07) is 4.04. The molecule has 0 amide bonds. The number of nitrogens with one attached hydrogen (secondary N) is 1. The van der Waals surface area contributed by atoms with Crippen molar-refractivity contribution in [3.05, 3.63) is 30.1 Å². The molecular weight excluding hydrogens is 254 g/mol. The lowest BCUT2D eigenvalue weighted by molar-refractivity contribution is -0.140. The zero-order valence-electron chi connectivity index (χ0n) is 12.1. The number of ether oxygens (including phenoxy) is 1. The number of hydrogen-bond acceptors (Lipinski definition) is 4. The molecule has 0 fully saturated rings. The number of esters is 1. The van der Waals surface area contributed by atoms with Gasteiger partial charge in [-0.25, -0.2) is 4.98 Å². The molecule has 0 saturated carbocycles. The summed E-state index contributed by atoms with van der Waals surface area (Å²) in [5.41, 5.74) is 2.22. The first-order chi connectivity index (χ1) is 9.76. The Morgan fingerprint density at radius 3 is 3.10 bits per heavy atom. The van der Waals surface area contributed by atoms with Gasteiger partial charge in [0.25, 0.3) is 0 Å². The molecule has 20 heavy (non-hydrogen) atoms. The second kappa shape index (κ2) is 7.05. The van der Waals surface area contributed by atoms with Crippen molar-refractivity contribution in [2.45, 2.75) is 32.9 Å². The number of carbonyl (C=O) groups is 1. The number of methoxy groups -OCH3 is 1. The molecule has 5 nitrogen and oxygen atoms in total. The standard InChI is InChI=1S/C15H21N3O2/c1-3-16-10-12-11-18(9-5-7-14(19)20-2)15-13(12)6-4-8-17-15/h4,6,8,11,16H,3,5,7,9-10H2,1-2H3.